The maximum atomic E-state index is 13.6. The number of hydrogen-bond donors (Lipinski definition) is 2. The number of piperidine rings is 1. The van der Waals surface area contributed by atoms with Gasteiger partial charge in [-0.05, 0) is 32.8 Å². The number of para-hydroxylation sites is 1. The molecule has 0 amide bonds. The van der Waals surface area contributed by atoms with E-state index in [1.165, 1.54) is 0 Å². The number of aromatic nitrogens is 6. The van der Waals surface area contributed by atoms with Crippen molar-refractivity contribution in [2.45, 2.75) is 45.8 Å². The third kappa shape index (κ3) is 3.84. The largest absolute Gasteiger partial charge is 0.341 e. The van der Waals surface area contributed by atoms with Crippen molar-refractivity contribution in [3.8, 4) is 11.8 Å². The standard InChI is InChI=1S/C24H26N8O2/c1-3-4-12-31-20-21(28-23(31)30-11-7-8-16(25)13-30)29-24(34)32(22(20)33)14-19-26-15(2)17-9-5-6-10-18(17)27-19/h5-6,9-10,16H,7-8,11-14,25H2,1-2H3,(H,29,34). The van der Waals surface area contributed by atoms with Gasteiger partial charge in [0.1, 0.15) is 5.82 Å². The quantitative estimate of drug-likeness (QED) is 0.439. The normalized spacial score (nSPS) is 16.1. The molecule has 5 rings (SSSR count). The third-order valence-electron chi connectivity index (χ3n) is 6.16. The van der Waals surface area contributed by atoms with E-state index in [4.69, 9.17) is 5.73 Å². The lowest BCUT2D eigenvalue weighted by atomic mass is 10.1. The Hall–Kier alpha value is -3.97. The lowest BCUT2D eigenvalue weighted by molar-refractivity contribution is 0.496. The summed E-state index contributed by atoms with van der Waals surface area (Å²) in [5.41, 5.74) is 7.27. The van der Waals surface area contributed by atoms with Gasteiger partial charge in [0, 0.05) is 30.2 Å². The first kappa shape index (κ1) is 21.9. The van der Waals surface area contributed by atoms with E-state index >= 15 is 0 Å². The van der Waals surface area contributed by atoms with E-state index in [2.05, 4.69) is 36.7 Å². The predicted molar refractivity (Wildman–Crippen MR) is 131 cm³/mol. The number of H-pyrrole nitrogens is 1. The minimum absolute atomic E-state index is 0.0308. The molecule has 0 saturated carbocycles. The maximum Gasteiger partial charge on any atom is 0.330 e. The van der Waals surface area contributed by atoms with Crippen molar-refractivity contribution in [3.63, 3.8) is 0 Å². The molecule has 34 heavy (non-hydrogen) atoms. The molecule has 174 valence electrons. The molecule has 10 heteroatoms. The first-order chi connectivity index (χ1) is 16.5. The number of nitrogens with zero attached hydrogens (tertiary/aromatic N) is 6. The summed E-state index contributed by atoms with van der Waals surface area (Å²) in [6, 6.07) is 7.68. The average Bonchev–Trinajstić information content (AvgIpc) is 3.18. The van der Waals surface area contributed by atoms with Crippen LogP contribution in [0.1, 0.15) is 31.3 Å². The van der Waals surface area contributed by atoms with Crippen LogP contribution in [0.25, 0.3) is 22.1 Å². The van der Waals surface area contributed by atoms with Crippen LogP contribution in [0, 0.1) is 18.8 Å². The molecule has 1 aromatic carbocycles. The molecule has 1 fully saturated rings. The number of rotatable bonds is 4. The van der Waals surface area contributed by atoms with Crippen molar-refractivity contribution in [2.75, 3.05) is 18.0 Å². The smallest absolute Gasteiger partial charge is 0.330 e. The number of fused-ring (bicyclic) bond motifs is 2. The van der Waals surface area contributed by atoms with Gasteiger partial charge in [-0.2, -0.15) is 4.98 Å². The van der Waals surface area contributed by atoms with Gasteiger partial charge in [0.15, 0.2) is 11.2 Å². The van der Waals surface area contributed by atoms with E-state index in [9.17, 15) is 9.59 Å². The molecule has 3 N–H and O–H groups in total. The summed E-state index contributed by atoms with van der Waals surface area (Å²) < 4.78 is 2.89. The van der Waals surface area contributed by atoms with Crippen LogP contribution in [0.2, 0.25) is 0 Å². The minimum atomic E-state index is -0.556. The van der Waals surface area contributed by atoms with Crippen molar-refractivity contribution >= 4 is 28.0 Å². The SMILES string of the molecule is CC#CCn1c(N2CCCC(N)C2)nc2[nH]c(=O)n(Cc3nc(C)c4ccccc4n3)c(=O)c21. The van der Waals surface area contributed by atoms with Crippen LogP contribution in [0.15, 0.2) is 33.9 Å². The van der Waals surface area contributed by atoms with Crippen LogP contribution < -0.4 is 21.9 Å². The number of hydrogen-bond acceptors (Lipinski definition) is 7. The summed E-state index contributed by atoms with van der Waals surface area (Å²) in [4.78, 5) is 45.0. The Balaban J connectivity index is 1.64. The Morgan fingerprint density at radius 3 is 2.79 bits per heavy atom. The molecule has 4 aromatic rings. The molecule has 1 atom stereocenters. The number of anilines is 1. The van der Waals surface area contributed by atoms with E-state index in [1.807, 2.05) is 31.2 Å². The fourth-order valence-electron chi connectivity index (χ4n) is 4.53. The summed E-state index contributed by atoms with van der Waals surface area (Å²) in [6.45, 7) is 5.27. The molecule has 0 radical (unpaired) electrons. The Morgan fingerprint density at radius 2 is 2.00 bits per heavy atom. The van der Waals surface area contributed by atoms with Crippen LogP contribution in [0.4, 0.5) is 5.95 Å². The second kappa shape index (κ2) is 8.76. The van der Waals surface area contributed by atoms with Gasteiger partial charge in [0.2, 0.25) is 5.95 Å². The van der Waals surface area contributed by atoms with Gasteiger partial charge in [0.05, 0.1) is 18.6 Å². The summed E-state index contributed by atoms with van der Waals surface area (Å²) in [6.07, 6.45) is 1.88. The Morgan fingerprint density at radius 1 is 1.18 bits per heavy atom. The Labute approximate surface area is 195 Å². The number of aryl methyl sites for hydroxylation is 1. The first-order valence-electron chi connectivity index (χ1n) is 11.3. The van der Waals surface area contributed by atoms with Crippen LogP contribution in [-0.2, 0) is 13.1 Å². The van der Waals surface area contributed by atoms with E-state index < -0.39 is 11.2 Å². The van der Waals surface area contributed by atoms with Gasteiger partial charge in [0.25, 0.3) is 5.56 Å². The molecule has 1 aliphatic heterocycles. The second-order valence-corrected chi connectivity index (χ2v) is 8.53. The number of aromatic amines is 1. The highest BCUT2D eigenvalue weighted by atomic mass is 16.2. The zero-order valence-corrected chi connectivity index (χ0v) is 19.2. The van der Waals surface area contributed by atoms with E-state index in [1.54, 1.807) is 11.5 Å². The molecule has 3 aromatic heterocycles. The molecular formula is C24H26N8O2. The summed E-state index contributed by atoms with van der Waals surface area (Å²) in [5.74, 6) is 6.88. The zero-order chi connectivity index (χ0) is 23.8. The van der Waals surface area contributed by atoms with E-state index in [0.717, 1.165) is 40.6 Å². The fourth-order valence-corrected chi connectivity index (χ4v) is 4.53. The molecule has 0 spiro atoms. The van der Waals surface area contributed by atoms with Crippen molar-refractivity contribution in [1.29, 1.82) is 0 Å². The van der Waals surface area contributed by atoms with Crippen LogP contribution in [0.5, 0.6) is 0 Å². The lowest BCUT2D eigenvalue weighted by Gasteiger charge is -2.31. The zero-order valence-electron chi connectivity index (χ0n) is 19.2. The highest BCUT2D eigenvalue weighted by molar-refractivity contribution is 5.80. The average molecular weight is 459 g/mol. The van der Waals surface area contributed by atoms with E-state index in [0.29, 0.717) is 23.8 Å². The number of imidazole rings is 1. The van der Waals surface area contributed by atoms with Gasteiger partial charge in [-0.25, -0.2) is 14.8 Å². The predicted octanol–water partition coefficient (Wildman–Crippen LogP) is 1.14. The fraction of sp³-hybridized carbons (Fsp3) is 0.375. The van der Waals surface area contributed by atoms with Crippen LogP contribution in [0.3, 0.4) is 0 Å². The van der Waals surface area contributed by atoms with Crippen LogP contribution in [-0.4, -0.2) is 48.2 Å². The number of benzene rings is 1. The van der Waals surface area contributed by atoms with Crippen molar-refractivity contribution in [3.05, 3.63) is 56.6 Å². The molecule has 0 aliphatic carbocycles. The number of nitrogens with two attached hydrogens (primary N) is 1. The molecule has 1 aliphatic rings. The van der Waals surface area contributed by atoms with Crippen molar-refractivity contribution < 1.29 is 0 Å². The molecule has 4 heterocycles. The summed E-state index contributed by atoms with van der Waals surface area (Å²) >= 11 is 0. The summed E-state index contributed by atoms with van der Waals surface area (Å²) in [7, 11) is 0. The second-order valence-electron chi connectivity index (χ2n) is 8.53. The first-order valence-corrected chi connectivity index (χ1v) is 11.3. The molecule has 1 saturated heterocycles. The summed E-state index contributed by atoms with van der Waals surface area (Å²) in [5, 5.41) is 0.934. The van der Waals surface area contributed by atoms with Gasteiger partial charge in [-0.1, -0.05) is 24.1 Å². The molecular weight excluding hydrogens is 432 g/mol. The maximum absolute atomic E-state index is 13.6. The highest BCUT2D eigenvalue weighted by Crippen LogP contribution is 2.22. The monoisotopic (exact) mass is 458 g/mol. The van der Waals surface area contributed by atoms with Gasteiger partial charge >= 0.3 is 5.69 Å². The van der Waals surface area contributed by atoms with Gasteiger partial charge in [-0.15, -0.1) is 5.92 Å². The van der Waals surface area contributed by atoms with Gasteiger partial charge < -0.3 is 10.6 Å². The van der Waals surface area contributed by atoms with Crippen molar-refractivity contribution in [2.24, 2.45) is 5.73 Å². The molecule has 10 nitrogen and oxygen atoms in total. The van der Waals surface area contributed by atoms with E-state index in [-0.39, 0.29) is 24.8 Å². The Bertz CT molecular complexity index is 1570. The number of nitrogens with one attached hydrogen (secondary N) is 1. The topological polar surface area (TPSA) is 128 Å². The third-order valence-corrected chi connectivity index (χ3v) is 6.16. The molecule has 0 bridgehead atoms. The van der Waals surface area contributed by atoms with Crippen molar-refractivity contribution in [1.82, 2.24) is 29.1 Å². The van der Waals surface area contributed by atoms with Gasteiger partial charge in [-0.3, -0.25) is 18.9 Å². The highest BCUT2D eigenvalue weighted by Gasteiger charge is 2.25. The van der Waals surface area contributed by atoms with Crippen LogP contribution >= 0.6 is 0 Å². The lowest BCUT2D eigenvalue weighted by Crippen LogP contribution is -2.44. The molecule has 1 unspecified atom stereocenters. The Kier molecular flexibility index (Phi) is 5.63. The minimum Gasteiger partial charge on any atom is -0.341 e.